The minimum atomic E-state index is -1.07. The Hall–Kier alpha value is -4.76. The van der Waals surface area contributed by atoms with E-state index in [2.05, 4.69) is 15.6 Å². The number of nitrogens with zero attached hydrogens (tertiary/aromatic N) is 1. The van der Waals surface area contributed by atoms with Gasteiger partial charge in [-0.25, -0.2) is 4.98 Å². The monoisotopic (exact) mass is 581 g/mol. The highest BCUT2D eigenvalue weighted by Gasteiger charge is 2.34. The van der Waals surface area contributed by atoms with Crippen LogP contribution in [0, 0.1) is 11.8 Å². The summed E-state index contributed by atoms with van der Waals surface area (Å²) in [5.41, 5.74) is 2.79. The summed E-state index contributed by atoms with van der Waals surface area (Å²) in [6.07, 6.45) is 3.34. The van der Waals surface area contributed by atoms with Crippen LogP contribution in [0.3, 0.4) is 0 Å². The van der Waals surface area contributed by atoms with Crippen LogP contribution in [0.15, 0.2) is 101 Å². The van der Waals surface area contributed by atoms with Gasteiger partial charge in [-0.3, -0.25) is 14.4 Å². The summed E-state index contributed by atoms with van der Waals surface area (Å²) < 4.78 is 12.0. The second-order valence-electron chi connectivity index (χ2n) is 10.7. The lowest BCUT2D eigenvalue weighted by atomic mass is 9.96. The average Bonchev–Trinajstić information content (AvgIpc) is 3.44. The molecule has 9 heteroatoms. The molecule has 0 saturated heterocycles. The predicted molar refractivity (Wildman–Crippen MR) is 160 cm³/mol. The maximum absolute atomic E-state index is 13.6. The molecule has 0 fully saturated rings. The van der Waals surface area contributed by atoms with Gasteiger partial charge >= 0.3 is 5.97 Å². The minimum absolute atomic E-state index is 0.109. The maximum Gasteiger partial charge on any atom is 0.310 e. The Labute approximate surface area is 250 Å². The number of fused-ring (bicyclic) bond motifs is 1. The lowest BCUT2D eigenvalue weighted by Crippen LogP contribution is -2.47. The quantitative estimate of drug-likeness (QED) is 0.165. The van der Waals surface area contributed by atoms with Crippen LogP contribution in [0.2, 0.25) is 0 Å². The molecule has 5 atom stereocenters. The highest BCUT2D eigenvalue weighted by atomic mass is 16.5. The molecule has 0 saturated carbocycles. The highest BCUT2D eigenvalue weighted by molar-refractivity contribution is 6.00. The number of allylic oxidation sites excluding steroid dienone is 2. The van der Waals surface area contributed by atoms with E-state index in [1.165, 1.54) is 0 Å². The Morgan fingerprint density at radius 1 is 0.977 bits per heavy atom. The molecule has 2 heterocycles. The summed E-state index contributed by atoms with van der Waals surface area (Å²) in [6.45, 7) is 1.43. The number of esters is 1. The fourth-order valence-corrected chi connectivity index (χ4v) is 5.22. The summed E-state index contributed by atoms with van der Waals surface area (Å²) in [4.78, 5) is 45.1. The van der Waals surface area contributed by atoms with Crippen molar-refractivity contribution in [2.24, 2.45) is 11.8 Å². The number of ether oxygens (including phenoxy) is 1. The van der Waals surface area contributed by atoms with Crippen LogP contribution in [-0.2, 0) is 25.5 Å². The van der Waals surface area contributed by atoms with Gasteiger partial charge in [0, 0.05) is 6.42 Å². The van der Waals surface area contributed by atoms with Gasteiger partial charge in [-0.05, 0) is 43.0 Å². The van der Waals surface area contributed by atoms with Crippen LogP contribution >= 0.6 is 0 Å². The average molecular weight is 582 g/mol. The third kappa shape index (κ3) is 7.37. The summed E-state index contributed by atoms with van der Waals surface area (Å²) in [7, 11) is 0. The zero-order valence-corrected chi connectivity index (χ0v) is 23.9. The number of oxazole rings is 1. The van der Waals surface area contributed by atoms with E-state index in [4.69, 9.17) is 9.15 Å². The number of aromatic nitrogens is 1. The first-order chi connectivity index (χ1) is 20.9. The van der Waals surface area contributed by atoms with Crippen molar-refractivity contribution in [2.45, 2.75) is 44.4 Å². The smallest absolute Gasteiger partial charge is 0.310 e. The lowest BCUT2D eigenvalue weighted by Gasteiger charge is -2.29. The van der Waals surface area contributed by atoms with Crippen molar-refractivity contribution in [2.75, 3.05) is 6.61 Å². The van der Waals surface area contributed by atoms with Crippen LogP contribution in [0.1, 0.15) is 48.9 Å². The first-order valence-corrected chi connectivity index (χ1v) is 14.4. The Morgan fingerprint density at radius 2 is 1.65 bits per heavy atom. The van der Waals surface area contributed by atoms with E-state index in [9.17, 15) is 19.5 Å². The molecule has 1 aromatic heterocycles. The molecule has 3 unspecified atom stereocenters. The molecule has 9 nitrogen and oxygen atoms in total. The number of cyclic esters (lactones) is 1. The molecule has 0 spiro atoms. The van der Waals surface area contributed by atoms with Gasteiger partial charge in [0.2, 0.25) is 11.8 Å². The SMILES string of the molecule is C[C@@H]1NC(=O)C(C(=O)N[C@@H](CO)c2ccccc2)CC=CCC(Cc2nc3ccccc3o2)C(=O)OC1c1ccccc1. The molecule has 3 N–H and O–H groups in total. The second-order valence-corrected chi connectivity index (χ2v) is 10.7. The van der Waals surface area contributed by atoms with Gasteiger partial charge in [0.05, 0.1) is 24.6 Å². The number of nitrogens with one attached hydrogen (secondary N) is 2. The highest BCUT2D eigenvalue weighted by Crippen LogP contribution is 2.27. The standard InChI is InChI=1S/C34H35N3O6/c1-22-31(24-14-6-3-7-15-24)43-34(41)25(20-30-36-27-18-10-11-19-29(27)42-30)16-8-9-17-26(32(39)35-22)33(40)37-28(21-38)23-12-4-2-5-13-23/h2-15,18-19,22,25-26,28,31,38H,16-17,20-21H2,1H3,(H,35,39)(H,37,40)/t22-,25?,26?,28-,31?/m0/s1. The molecule has 4 aromatic rings. The fraction of sp³-hybridized carbons (Fsp3) is 0.294. The van der Waals surface area contributed by atoms with E-state index in [1.807, 2.05) is 72.8 Å². The normalized spacial score (nSPS) is 22.1. The molecule has 0 bridgehead atoms. The first kappa shape index (κ1) is 29.7. The molecule has 3 aromatic carbocycles. The van der Waals surface area contributed by atoms with Crippen molar-refractivity contribution < 1.29 is 28.6 Å². The number of hydrogen-bond acceptors (Lipinski definition) is 7. The zero-order chi connectivity index (χ0) is 30.2. The second kappa shape index (κ2) is 13.9. The number of benzene rings is 3. The van der Waals surface area contributed by atoms with Gasteiger partial charge in [0.1, 0.15) is 17.5 Å². The minimum Gasteiger partial charge on any atom is -0.455 e. The van der Waals surface area contributed by atoms with Crippen LogP contribution in [0.5, 0.6) is 0 Å². The number of carbonyl (C=O) groups is 3. The van der Waals surface area contributed by atoms with Gasteiger partial charge in [-0.2, -0.15) is 0 Å². The van der Waals surface area contributed by atoms with Crippen LogP contribution in [0.25, 0.3) is 11.1 Å². The molecule has 222 valence electrons. The molecular weight excluding hydrogens is 546 g/mol. The van der Waals surface area contributed by atoms with Gasteiger partial charge in [-0.1, -0.05) is 84.9 Å². The number of hydrogen-bond donors (Lipinski definition) is 3. The molecule has 0 radical (unpaired) electrons. The van der Waals surface area contributed by atoms with E-state index in [1.54, 1.807) is 31.2 Å². The number of carbonyl (C=O) groups excluding carboxylic acids is 3. The van der Waals surface area contributed by atoms with Crippen LogP contribution < -0.4 is 10.6 Å². The fourth-order valence-electron chi connectivity index (χ4n) is 5.22. The Kier molecular flexibility index (Phi) is 9.63. The van der Waals surface area contributed by atoms with Gasteiger partial charge in [-0.15, -0.1) is 0 Å². The van der Waals surface area contributed by atoms with E-state index >= 15 is 0 Å². The van der Waals surface area contributed by atoms with Crippen molar-refractivity contribution >= 4 is 28.9 Å². The molecule has 2 amide bonds. The maximum atomic E-state index is 13.6. The van der Waals surface area contributed by atoms with Crippen LogP contribution in [-0.4, -0.2) is 40.5 Å². The largest absolute Gasteiger partial charge is 0.455 e. The van der Waals surface area contributed by atoms with E-state index in [0.717, 1.165) is 5.56 Å². The number of aliphatic hydroxyl groups excluding tert-OH is 1. The van der Waals surface area contributed by atoms with Crippen molar-refractivity contribution in [1.82, 2.24) is 15.6 Å². The topological polar surface area (TPSA) is 131 Å². The number of rotatable bonds is 7. The molecule has 1 aliphatic heterocycles. The Bertz CT molecular complexity index is 1540. The van der Waals surface area contributed by atoms with Gasteiger partial charge in [0.25, 0.3) is 0 Å². The summed E-state index contributed by atoms with van der Waals surface area (Å²) in [6, 6.07) is 24.4. The first-order valence-electron chi connectivity index (χ1n) is 14.4. The van der Waals surface area contributed by atoms with Crippen molar-refractivity contribution in [3.05, 3.63) is 114 Å². The number of para-hydroxylation sites is 2. The van der Waals surface area contributed by atoms with E-state index < -0.39 is 47.8 Å². The zero-order valence-electron chi connectivity index (χ0n) is 23.9. The van der Waals surface area contributed by atoms with Crippen molar-refractivity contribution in [3.8, 4) is 0 Å². The van der Waals surface area contributed by atoms with Crippen molar-refractivity contribution in [1.29, 1.82) is 0 Å². The number of aliphatic hydroxyl groups is 1. The molecular formula is C34H35N3O6. The Balaban J connectivity index is 1.42. The van der Waals surface area contributed by atoms with Gasteiger partial charge in [0.15, 0.2) is 11.5 Å². The number of amides is 2. The summed E-state index contributed by atoms with van der Waals surface area (Å²) in [5.74, 6) is -2.70. The predicted octanol–water partition coefficient (Wildman–Crippen LogP) is 4.59. The third-order valence-electron chi connectivity index (χ3n) is 7.58. The van der Waals surface area contributed by atoms with E-state index in [-0.39, 0.29) is 19.4 Å². The summed E-state index contributed by atoms with van der Waals surface area (Å²) >= 11 is 0. The molecule has 5 rings (SSSR count). The lowest BCUT2D eigenvalue weighted by molar-refractivity contribution is -0.157. The summed E-state index contributed by atoms with van der Waals surface area (Å²) in [5, 5.41) is 15.7. The van der Waals surface area contributed by atoms with Gasteiger partial charge < -0.3 is 24.9 Å². The Morgan fingerprint density at radius 3 is 2.37 bits per heavy atom. The molecule has 1 aliphatic rings. The molecule has 43 heavy (non-hydrogen) atoms. The molecule has 0 aliphatic carbocycles. The third-order valence-corrected chi connectivity index (χ3v) is 7.58. The van der Waals surface area contributed by atoms with Crippen LogP contribution in [0.4, 0.5) is 0 Å². The van der Waals surface area contributed by atoms with E-state index in [0.29, 0.717) is 29.0 Å². The van der Waals surface area contributed by atoms with Crippen molar-refractivity contribution in [3.63, 3.8) is 0 Å².